The van der Waals surface area contributed by atoms with Crippen LogP contribution in [0.3, 0.4) is 0 Å². The number of piperidine rings is 1. The first-order chi connectivity index (χ1) is 16.4. The van der Waals surface area contributed by atoms with Crippen LogP contribution in [0.15, 0.2) is 72.8 Å². The van der Waals surface area contributed by atoms with E-state index in [9.17, 15) is 23.1 Å². The normalized spacial score (nSPS) is 17.2. The molecule has 0 aromatic heterocycles. The third-order valence-electron chi connectivity index (χ3n) is 6.67. The van der Waals surface area contributed by atoms with Crippen LogP contribution in [-0.2, 0) is 12.1 Å². The molecule has 3 aromatic carbocycles. The Bertz CT molecular complexity index is 1090. The first-order valence-electron chi connectivity index (χ1n) is 11.7. The largest absolute Gasteiger partial charge is 0.371 e. The van der Waals surface area contributed by atoms with Gasteiger partial charge in [0.15, 0.2) is 11.5 Å². The second-order valence-corrected chi connectivity index (χ2v) is 8.87. The van der Waals surface area contributed by atoms with Crippen LogP contribution in [0.25, 0.3) is 0 Å². The van der Waals surface area contributed by atoms with Crippen molar-refractivity contribution in [1.29, 1.82) is 0 Å². The van der Waals surface area contributed by atoms with E-state index in [0.29, 0.717) is 30.6 Å². The van der Waals surface area contributed by atoms with E-state index < -0.39 is 23.3 Å². The highest BCUT2D eigenvalue weighted by atomic mass is 19.1. The van der Waals surface area contributed by atoms with Gasteiger partial charge in [-0.25, -0.2) is 13.2 Å². The molecular formula is C28H28F3NO2. The molecule has 0 radical (unpaired) electrons. The average Bonchev–Trinajstić information content (AvgIpc) is 2.86. The molecule has 1 saturated heterocycles. The van der Waals surface area contributed by atoms with Crippen molar-refractivity contribution in [3.63, 3.8) is 0 Å². The Morgan fingerprint density at radius 3 is 1.85 bits per heavy atom. The van der Waals surface area contributed by atoms with Crippen LogP contribution in [0.4, 0.5) is 13.2 Å². The molecule has 2 atom stereocenters. The summed E-state index contributed by atoms with van der Waals surface area (Å²) in [4.78, 5) is 15.7. The van der Waals surface area contributed by atoms with Gasteiger partial charge >= 0.3 is 0 Å². The first kappa shape index (κ1) is 24.2. The van der Waals surface area contributed by atoms with Crippen molar-refractivity contribution < 1.29 is 23.1 Å². The molecule has 1 fully saturated rings. The van der Waals surface area contributed by atoms with Crippen LogP contribution in [0.5, 0.6) is 0 Å². The molecule has 34 heavy (non-hydrogen) atoms. The minimum atomic E-state index is -1.68. The molecule has 4 rings (SSSR count). The topological polar surface area (TPSA) is 40.5 Å². The van der Waals surface area contributed by atoms with E-state index in [1.165, 1.54) is 60.7 Å². The van der Waals surface area contributed by atoms with Gasteiger partial charge in [0.05, 0.1) is 5.92 Å². The molecular weight excluding hydrogens is 439 g/mol. The fourth-order valence-electron chi connectivity index (χ4n) is 4.83. The number of aliphatic hydroxyl groups is 1. The standard InChI is InChI=1S/C28H28F3NO2/c29-23-11-4-20(5-12-23)6-17-26(27(33)21-7-13-24(30)14-8-21)28(34,32-18-2-1-3-19-32)22-9-15-25(31)16-10-22/h4-5,7-16,26,34H,1-3,6,17-19H2. The summed E-state index contributed by atoms with van der Waals surface area (Å²) in [5.74, 6) is -2.47. The van der Waals surface area contributed by atoms with Crippen LogP contribution in [0, 0.1) is 23.4 Å². The third kappa shape index (κ3) is 5.24. The zero-order valence-corrected chi connectivity index (χ0v) is 18.9. The van der Waals surface area contributed by atoms with E-state index in [0.717, 1.165) is 24.8 Å². The molecule has 178 valence electrons. The number of nitrogens with zero attached hydrogens (tertiary/aromatic N) is 1. The predicted molar refractivity (Wildman–Crippen MR) is 125 cm³/mol. The maximum atomic E-state index is 13.8. The van der Waals surface area contributed by atoms with E-state index in [4.69, 9.17) is 0 Å². The maximum Gasteiger partial charge on any atom is 0.170 e. The highest BCUT2D eigenvalue weighted by molar-refractivity contribution is 5.98. The van der Waals surface area contributed by atoms with E-state index in [2.05, 4.69) is 0 Å². The minimum Gasteiger partial charge on any atom is -0.371 e. The van der Waals surface area contributed by atoms with Crippen molar-refractivity contribution in [3.05, 3.63) is 107 Å². The zero-order chi connectivity index (χ0) is 24.1. The van der Waals surface area contributed by atoms with Gasteiger partial charge in [0.2, 0.25) is 0 Å². The molecule has 0 bridgehead atoms. The van der Waals surface area contributed by atoms with E-state index in [1.807, 2.05) is 4.90 Å². The minimum absolute atomic E-state index is 0.270. The summed E-state index contributed by atoms with van der Waals surface area (Å²) >= 11 is 0. The van der Waals surface area contributed by atoms with Gasteiger partial charge in [-0.15, -0.1) is 0 Å². The van der Waals surface area contributed by atoms with Gasteiger partial charge in [-0.2, -0.15) is 0 Å². The van der Waals surface area contributed by atoms with Gasteiger partial charge in [0, 0.05) is 18.7 Å². The number of likely N-dealkylation sites (tertiary alicyclic amines) is 1. The summed E-state index contributed by atoms with van der Waals surface area (Å²) in [5.41, 5.74) is -0.114. The lowest BCUT2D eigenvalue weighted by Crippen LogP contribution is -2.55. The van der Waals surface area contributed by atoms with Gasteiger partial charge in [-0.3, -0.25) is 9.69 Å². The van der Waals surface area contributed by atoms with Crippen molar-refractivity contribution in [2.24, 2.45) is 5.92 Å². The van der Waals surface area contributed by atoms with Crippen molar-refractivity contribution >= 4 is 5.78 Å². The number of ketones is 1. The molecule has 1 N–H and O–H groups in total. The average molecular weight is 468 g/mol. The summed E-state index contributed by atoms with van der Waals surface area (Å²) in [6, 6.07) is 16.9. The second kappa shape index (κ2) is 10.5. The quantitative estimate of drug-likeness (QED) is 0.422. The van der Waals surface area contributed by atoms with Gasteiger partial charge in [-0.05, 0) is 85.3 Å². The number of carbonyl (C=O) groups is 1. The van der Waals surface area contributed by atoms with Crippen LogP contribution in [0.1, 0.15) is 47.2 Å². The smallest absolute Gasteiger partial charge is 0.170 e. The Hall–Kier alpha value is -2.96. The zero-order valence-electron chi connectivity index (χ0n) is 18.9. The van der Waals surface area contributed by atoms with E-state index in [-0.39, 0.29) is 18.0 Å². The molecule has 6 heteroatoms. The molecule has 0 spiro atoms. The third-order valence-corrected chi connectivity index (χ3v) is 6.67. The second-order valence-electron chi connectivity index (χ2n) is 8.87. The predicted octanol–water partition coefficient (Wildman–Crippen LogP) is 5.87. The lowest BCUT2D eigenvalue weighted by Gasteiger charge is -2.46. The molecule has 1 aliphatic heterocycles. The highest BCUT2D eigenvalue weighted by Crippen LogP contribution is 2.40. The van der Waals surface area contributed by atoms with Crippen LogP contribution in [0.2, 0.25) is 0 Å². The van der Waals surface area contributed by atoms with Gasteiger partial charge in [0.1, 0.15) is 17.5 Å². The fraction of sp³-hybridized carbons (Fsp3) is 0.321. The monoisotopic (exact) mass is 467 g/mol. The molecule has 0 saturated carbocycles. The molecule has 1 aliphatic rings. The summed E-state index contributed by atoms with van der Waals surface area (Å²) in [5, 5.41) is 12.3. The number of halogens is 3. The van der Waals surface area contributed by atoms with Crippen molar-refractivity contribution in [3.8, 4) is 0 Å². The molecule has 1 heterocycles. The summed E-state index contributed by atoms with van der Waals surface area (Å²) in [6.45, 7) is 1.19. The number of Topliss-reactive ketones (excluding diaryl/α,β-unsaturated/α-hetero) is 1. The molecule has 3 nitrogen and oxygen atoms in total. The molecule has 3 aromatic rings. The van der Waals surface area contributed by atoms with Crippen LogP contribution < -0.4 is 0 Å². The Morgan fingerprint density at radius 2 is 1.29 bits per heavy atom. The lowest BCUT2D eigenvalue weighted by atomic mass is 9.78. The Balaban J connectivity index is 1.77. The highest BCUT2D eigenvalue weighted by Gasteiger charge is 2.47. The summed E-state index contributed by atoms with van der Waals surface area (Å²) in [7, 11) is 0. The Morgan fingerprint density at radius 1 is 0.794 bits per heavy atom. The van der Waals surface area contributed by atoms with Gasteiger partial charge in [-0.1, -0.05) is 30.7 Å². The maximum absolute atomic E-state index is 13.8. The van der Waals surface area contributed by atoms with Crippen LogP contribution in [-0.4, -0.2) is 28.9 Å². The van der Waals surface area contributed by atoms with E-state index in [1.54, 1.807) is 12.1 Å². The van der Waals surface area contributed by atoms with Gasteiger partial charge in [0.25, 0.3) is 0 Å². The Labute approximate surface area is 197 Å². The molecule has 0 amide bonds. The number of hydrogen-bond donors (Lipinski definition) is 1. The molecule has 0 aliphatic carbocycles. The number of benzene rings is 3. The van der Waals surface area contributed by atoms with E-state index >= 15 is 0 Å². The SMILES string of the molecule is O=C(c1ccc(F)cc1)C(CCc1ccc(F)cc1)C(O)(c1ccc(F)cc1)N1CCCCC1. The van der Waals surface area contributed by atoms with Crippen molar-refractivity contribution in [2.75, 3.05) is 13.1 Å². The fourth-order valence-corrected chi connectivity index (χ4v) is 4.83. The first-order valence-corrected chi connectivity index (χ1v) is 11.7. The number of hydrogen-bond acceptors (Lipinski definition) is 3. The summed E-state index contributed by atoms with van der Waals surface area (Å²) in [6.07, 6.45) is 3.47. The summed E-state index contributed by atoms with van der Waals surface area (Å²) < 4.78 is 40.7. The molecule has 2 unspecified atom stereocenters. The van der Waals surface area contributed by atoms with Crippen molar-refractivity contribution in [1.82, 2.24) is 4.90 Å². The Kier molecular flexibility index (Phi) is 7.49. The number of rotatable bonds is 8. The number of aryl methyl sites for hydroxylation is 1. The number of carbonyl (C=O) groups excluding carboxylic acids is 1. The van der Waals surface area contributed by atoms with Gasteiger partial charge < -0.3 is 5.11 Å². The van der Waals surface area contributed by atoms with Crippen molar-refractivity contribution in [2.45, 2.75) is 37.8 Å². The lowest BCUT2D eigenvalue weighted by molar-refractivity contribution is -0.154. The van der Waals surface area contributed by atoms with Crippen LogP contribution >= 0.6 is 0 Å².